The third kappa shape index (κ3) is 3.96. The van der Waals surface area contributed by atoms with Crippen LogP contribution in [0, 0.1) is 0 Å². The SMILES string of the molecule is CC1(C)C(=O)N(c2ccc(OC(F)(F)F)cc2)C(=O)N1Cc1ccnc(-c2nn[nH]n2)c1. The van der Waals surface area contributed by atoms with Crippen LogP contribution in [0.1, 0.15) is 19.4 Å². The number of anilines is 1. The molecule has 13 heteroatoms. The van der Waals surface area contributed by atoms with E-state index < -0.39 is 29.6 Å². The number of benzene rings is 1. The smallest absolute Gasteiger partial charge is 0.406 e. The number of imide groups is 1. The molecule has 1 N–H and O–H groups in total. The first kappa shape index (κ1) is 21.2. The van der Waals surface area contributed by atoms with Crippen molar-refractivity contribution in [2.45, 2.75) is 32.3 Å². The Balaban J connectivity index is 1.58. The zero-order valence-corrected chi connectivity index (χ0v) is 16.8. The first-order valence-corrected chi connectivity index (χ1v) is 9.27. The molecule has 0 radical (unpaired) electrons. The molecule has 1 aromatic carbocycles. The van der Waals surface area contributed by atoms with Gasteiger partial charge in [-0.25, -0.2) is 9.69 Å². The van der Waals surface area contributed by atoms with Gasteiger partial charge < -0.3 is 9.64 Å². The molecule has 0 unspecified atom stereocenters. The number of nitrogens with zero attached hydrogens (tertiary/aromatic N) is 6. The van der Waals surface area contributed by atoms with Crippen molar-refractivity contribution in [3.05, 3.63) is 48.2 Å². The summed E-state index contributed by atoms with van der Waals surface area (Å²) in [5.74, 6) is -0.695. The van der Waals surface area contributed by atoms with Crippen LogP contribution >= 0.6 is 0 Å². The average Bonchev–Trinajstić information content (AvgIpc) is 3.31. The number of hydrogen-bond donors (Lipinski definition) is 1. The van der Waals surface area contributed by atoms with Gasteiger partial charge in [0.05, 0.1) is 5.69 Å². The Bertz CT molecular complexity index is 1150. The van der Waals surface area contributed by atoms with Gasteiger partial charge in [-0.1, -0.05) is 0 Å². The predicted molar refractivity (Wildman–Crippen MR) is 103 cm³/mol. The Morgan fingerprint density at radius 3 is 2.47 bits per heavy atom. The number of rotatable bonds is 5. The van der Waals surface area contributed by atoms with Crippen LogP contribution in [0.2, 0.25) is 0 Å². The summed E-state index contributed by atoms with van der Waals surface area (Å²) in [6.45, 7) is 3.27. The van der Waals surface area contributed by atoms with E-state index in [1.54, 1.807) is 26.0 Å². The summed E-state index contributed by atoms with van der Waals surface area (Å²) in [6.07, 6.45) is -3.32. The first-order chi connectivity index (χ1) is 15.1. The second kappa shape index (κ2) is 7.59. The van der Waals surface area contributed by atoms with Crippen LogP contribution in [0.25, 0.3) is 11.5 Å². The highest BCUT2D eigenvalue weighted by Crippen LogP contribution is 2.34. The molecule has 1 fully saturated rings. The number of tetrazole rings is 1. The van der Waals surface area contributed by atoms with E-state index in [-0.39, 0.29) is 18.1 Å². The van der Waals surface area contributed by atoms with Crippen molar-refractivity contribution >= 4 is 17.6 Å². The lowest BCUT2D eigenvalue weighted by atomic mass is 10.0. The third-order valence-electron chi connectivity index (χ3n) is 4.89. The molecule has 0 aliphatic carbocycles. The zero-order chi connectivity index (χ0) is 23.1. The van der Waals surface area contributed by atoms with Gasteiger partial charge >= 0.3 is 12.4 Å². The lowest BCUT2D eigenvalue weighted by Gasteiger charge is -2.27. The highest BCUT2D eigenvalue weighted by Gasteiger charge is 2.51. The molecule has 1 saturated heterocycles. The van der Waals surface area contributed by atoms with E-state index in [1.807, 2.05) is 0 Å². The number of ether oxygens (including phenoxy) is 1. The number of pyridine rings is 1. The fraction of sp³-hybridized carbons (Fsp3) is 0.263. The highest BCUT2D eigenvalue weighted by molar-refractivity contribution is 6.22. The van der Waals surface area contributed by atoms with Crippen LogP contribution in [0.4, 0.5) is 23.7 Å². The lowest BCUT2D eigenvalue weighted by molar-refractivity contribution is -0.274. The van der Waals surface area contributed by atoms with Gasteiger partial charge in [-0.3, -0.25) is 9.78 Å². The molecule has 3 heterocycles. The molecule has 3 amide bonds. The topological polar surface area (TPSA) is 117 Å². The monoisotopic (exact) mass is 447 g/mol. The third-order valence-corrected chi connectivity index (χ3v) is 4.89. The van der Waals surface area contributed by atoms with Crippen molar-refractivity contribution in [1.82, 2.24) is 30.5 Å². The minimum absolute atomic E-state index is 0.0801. The van der Waals surface area contributed by atoms with Crippen molar-refractivity contribution in [3.8, 4) is 17.3 Å². The summed E-state index contributed by atoms with van der Waals surface area (Å²) in [4.78, 5) is 32.6. The van der Waals surface area contributed by atoms with E-state index >= 15 is 0 Å². The molecule has 1 aliphatic rings. The van der Waals surface area contributed by atoms with Crippen LogP contribution in [-0.2, 0) is 11.3 Å². The van der Waals surface area contributed by atoms with Gasteiger partial charge in [-0.2, -0.15) is 5.21 Å². The predicted octanol–water partition coefficient (Wildman–Crippen LogP) is 2.91. The maximum atomic E-state index is 13.1. The van der Waals surface area contributed by atoms with E-state index in [0.29, 0.717) is 11.3 Å². The molecule has 0 bridgehead atoms. The molecule has 10 nitrogen and oxygen atoms in total. The van der Waals surface area contributed by atoms with Crippen molar-refractivity contribution in [3.63, 3.8) is 0 Å². The Morgan fingerprint density at radius 2 is 1.84 bits per heavy atom. The number of aromatic nitrogens is 5. The number of amides is 3. The van der Waals surface area contributed by atoms with Crippen LogP contribution in [0.5, 0.6) is 5.75 Å². The van der Waals surface area contributed by atoms with Gasteiger partial charge in [0, 0.05) is 12.7 Å². The van der Waals surface area contributed by atoms with Crippen molar-refractivity contribution in [2.24, 2.45) is 0 Å². The molecule has 4 rings (SSSR count). The standard InChI is InChI=1S/C19H16F3N7O3/c1-18(2)16(30)29(12-3-5-13(6-4-12)32-19(20,21)22)17(31)28(18)10-11-7-8-23-14(9-11)15-24-26-27-25-15/h3-9H,10H2,1-2H3,(H,24,25,26,27). The molecule has 0 spiro atoms. The summed E-state index contributed by atoms with van der Waals surface area (Å²) in [7, 11) is 0. The summed E-state index contributed by atoms with van der Waals surface area (Å²) < 4.78 is 41.0. The van der Waals surface area contributed by atoms with Crippen molar-refractivity contribution in [2.75, 3.05) is 4.90 Å². The Hall–Kier alpha value is -4.03. The lowest BCUT2D eigenvalue weighted by Crippen LogP contribution is -2.43. The van der Waals surface area contributed by atoms with Gasteiger partial charge in [0.15, 0.2) is 0 Å². The normalized spacial score (nSPS) is 16.0. The number of nitrogens with one attached hydrogen (secondary N) is 1. The summed E-state index contributed by atoms with van der Waals surface area (Å²) >= 11 is 0. The number of carbonyl (C=O) groups excluding carboxylic acids is 2. The molecule has 166 valence electrons. The van der Waals surface area contributed by atoms with Gasteiger partial charge in [0.2, 0.25) is 5.82 Å². The zero-order valence-electron chi connectivity index (χ0n) is 16.8. The van der Waals surface area contributed by atoms with Crippen molar-refractivity contribution < 1.29 is 27.5 Å². The minimum Gasteiger partial charge on any atom is -0.406 e. The van der Waals surface area contributed by atoms with E-state index in [9.17, 15) is 22.8 Å². The van der Waals surface area contributed by atoms with Crippen LogP contribution in [0.3, 0.4) is 0 Å². The van der Waals surface area contributed by atoms with Gasteiger partial charge in [0.1, 0.15) is 17.0 Å². The van der Waals surface area contributed by atoms with E-state index in [1.165, 1.54) is 23.2 Å². The molecule has 0 saturated carbocycles. The number of H-pyrrole nitrogens is 1. The maximum Gasteiger partial charge on any atom is 0.573 e. The van der Waals surface area contributed by atoms with Crippen LogP contribution in [-0.4, -0.2) is 54.3 Å². The minimum atomic E-state index is -4.84. The van der Waals surface area contributed by atoms with Gasteiger partial charge in [-0.05, 0) is 61.0 Å². The second-order valence-corrected chi connectivity index (χ2v) is 7.39. The molecular formula is C19H16F3N7O3. The molecule has 0 atom stereocenters. The maximum absolute atomic E-state index is 13.1. The molecule has 32 heavy (non-hydrogen) atoms. The van der Waals surface area contributed by atoms with Gasteiger partial charge in [0.25, 0.3) is 5.91 Å². The highest BCUT2D eigenvalue weighted by atomic mass is 19.4. The number of alkyl halides is 3. The molecule has 3 aromatic rings. The summed E-state index contributed by atoms with van der Waals surface area (Å²) in [6, 6.07) is 7.27. The Labute approximate surface area is 179 Å². The molecule has 1 aliphatic heterocycles. The number of aromatic amines is 1. The first-order valence-electron chi connectivity index (χ1n) is 9.27. The van der Waals surface area contributed by atoms with Crippen molar-refractivity contribution in [1.29, 1.82) is 0 Å². The Morgan fingerprint density at radius 1 is 1.12 bits per heavy atom. The van der Waals surface area contributed by atoms with E-state index in [2.05, 4.69) is 30.3 Å². The summed E-state index contributed by atoms with van der Waals surface area (Å²) in [5, 5.41) is 13.5. The second-order valence-electron chi connectivity index (χ2n) is 7.39. The number of urea groups is 1. The average molecular weight is 447 g/mol. The molecular weight excluding hydrogens is 431 g/mol. The number of halogens is 3. The van der Waals surface area contributed by atoms with E-state index in [0.717, 1.165) is 17.0 Å². The Kier molecular flexibility index (Phi) is 5.03. The van der Waals surface area contributed by atoms with Crippen LogP contribution in [0.15, 0.2) is 42.6 Å². The summed E-state index contributed by atoms with van der Waals surface area (Å²) in [5.41, 5.74) is 0.0367. The number of hydrogen-bond acceptors (Lipinski definition) is 7. The fourth-order valence-corrected chi connectivity index (χ4v) is 3.27. The fourth-order valence-electron chi connectivity index (χ4n) is 3.27. The van der Waals surface area contributed by atoms with Crippen LogP contribution < -0.4 is 9.64 Å². The quantitative estimate of drug-likeness (QED) is 0.598. The van der Waals surface area contributed by atoms with E-state index in [4.69, 9.17) is 0 Å². The largest absolute Gasteiger partial charge is 0.573 e. The molecule has 2 aromatic heterocycles. The number of carbonyl (C=O) groups is 2. The van der Waals surface area contributed by atoms with Gasteiger partial charge in [-0.15, -0.1) is 23.4 Å².